The molecule has 11 heavy (non-hydrogen) atoms. The molecule has 0 amide bonds. The largest absolute Gasteiger partial charge is 0.289 e. The fourth-order valence-electron chi connectivity index (χ4n) is 0.794. The number of nitriles is 1. The van der Waals surface area contributed by atoms with Crippen molar-refractivity contribution in [1.29, 1.82) is 5.26 Å². The first-order valence-electron chi connectivity index (χ1n) is 3.08. The van der Waals surface area contributed by atoms with Crippen LogP contribution in [0.15, 0.2) is 23.8 Å². The van der Waals surface area contributed by atoms with Crippen LogP contribution in [0.3, 0.4) is 0 Å². The first kappa shape index (κ1) is 7.31. The number of carbonyl (C=O) groups is 1. The molecule has 2 heteroatoms. The van der Waals surface area contributed by atoms with E-state index in [1.54, 1.807) is 12.1 Å². The summed E-state index contributed by atoms with van der Waals surface area (Å²) < 4.78 is 0. The fraction of sp³-hybridized carbons (Fsp3) is 0.111. The standard InChI is InChI=1S/C9H5NO/c1-2-7-3-4-9(11)8(5-7)6-10/h1,3-5,7H. The Labute approximate surface area is 64.8 Å². The summed E-state index contributed by atoms with van der Waals surface area (Å²) in [4.78, 5) is 10.8. The van der Waals surface area contributed by atoms with Gasteiger partial charge in [0.1, 0.15) is 6.07 Å². The van der Waals surface area contributed by atoms with Gasteiger partial charge in [0.25, 0.3) is 0 Å². The zero-order chi connectivity index (χ0) is 8.27. The van der Waals surface area contributed by atoms with Crippen LogP contribution < -0.4 is 0 Å². The van der Waals surface area contributed by atoms with Gasteiger partial charge in [-0.25, -0.2) is 0 Å². The summed E-state index contributed by atoms with van der Waals surface area (Å²) in [6.45, 7) is 0. The highest BCUT2D eigenvalue weighted by Gasteiger charge is 2.12. The normalized spacial score (nSPS) is 21.8. The summed E-state index contributed by atoms with van der Waals surface area (Å²) in [6, 6.07) is 1.78. The Bertz CT molecular complexity index is 322. The summed E-state index contributed by atoms with van der Waals surface area (Å²) in [6.07, 6.45) is 9.52. The van der Waals surface area contributed by atoms with Crippen molar-refractivity contribution >= 4 is 5.78 Å². The van der Waals surface area contributed by atoms with Crippen LogP contribution in [-0.2, 0) is 4.79 Å². The molecule has 1 aliphatic carbocycles. The Hall–Kier alpha value is -1.80. The Balaban J connectivity index is 2.97. The lowest BCUT2D eigenvalue weighted by Crippen LogP contribution is -2.05. The van der Waals surface area contributed by atoms with Gasteiger partial charge in [-0.2, -0.15) is 5.26 Å². The van der Waals surface area contributed by atoms with E-state index in [0.29, 0.717) is 0 Å². The lowest BCUT2D eigenvalue weighted by atomic mass is 9.98. The Morgan fingerprint density at radius 1 is 1.64 bits per heavy atom. The summed E-state index contributed by atoms with van der Waals surface area (Å²) in [5.41, 5.74) is 0.135. The smallest absolute Gasteiger partial charge is 0.195 e. The lowest BCUT2D eigenvalue weighted by molar-refractivity contribution is -0.111. The molecule has 1 aliphatic rings. The molecule has 0 aromatic carbocycles. The monoisotopic (exact) mass is 143 g/mol. The second-order valence-corrected chi connectivity index (χ2v) is 2.11. The molecule has 0 saturated carbocycles. The van der Waals surface area contributed by atoms with Gasteiger partial charge in [-0.3, -0.25) is 4.79 Å². The first-order valence-corrected chi connectivity index (χ1v) is 3.08. The van der Waals surface area contributed by atoms with Gasteiger partial charge in [0.15, 0.2) is 5.78 Å². The van der Waals surface area contributed by atoms with Crippen molar-refractivity contribution in [2.75, 3.05) is 0 Å². The average Bonchev–Trinajstić information content (AvgIpc) is 2.05. The van der Waals surface area contributed by atoms with Crippen LogP contribution in [0.4, 0.5) is 0 Å². The van der Waals surface area contributed by atoms with Crippen molar-refractivity contribution in [3.8, 4) is 18.4 Å². The van der Waals surface area contributed by atoms with E-state index >= 15 is 0 Å². The minimum Gasteiger partial charge on any atom is -0.289 e. The molecule has 0 aliphatic heterocycles. The molecular formula is C9H5NO. The summed E-state index contributed by atoms with van der Waals surface area (Å²) in [5, 5.41) is 8.43. The van der Waals surface area contributed by atoms with E-state index in [-0.39, 0.29) is 17.3 Å². The number of ketones is 1. The van der Waals surface area contributed by atoms with Gasteiger partial charge < -0.3 is 0 Å². The van der Waals surface area contributed by atoms with Crippen molar-refractivity contribution in [3.05, 3.63) is 23.8 Å². The fourth-order valence-corrected chi connectivity index (χ4v) is 0.794. The maximum atomic E-state index is 10.8. The van der Waals surface area contributed by atoms with Crippen LogP contribution in [0.2, 0.25) is 0 Å². The number of terminal acetylenes is 1. The second-order valence-electron chi connectivity index (χ2n) is 2.11. The van der Waals surface area contributed by atoms with Crippen LogP contribution in [0, 0.1) is 29.6 Å². The minimum absolute atomic E-state index is 0.135. The highest BCUT2D eigenvalue weighted by molar-refractivity contribution is 6.07. The third-order valence-electron chi connectivity index (χ3n) is 1.38. The summed E-state index contributed by atoms with van der Waals surface area (Å²) >= 11 is 0. The van der Waals surface area contributed by atoms with Crippen LogP contribution in [0.25, 0.3) is 0 Å². The van der Waals surface area contributed by atoms with Crippen LogP contribution >= 0.6 is 0 Å². The molecule has 0 heterocycles. The van der Waals surface area contributed by atoms with Crippen LogP contribution in [-0.4, -0.2) is 5.78 Å². The molecule has 0 N–H and O–H groups in total. The quantitative estimate of drug-likeness (QED) is 0.471. The maximum Gasteiger partial charge on any atom is 0.195 e. The Morgan fingerprint density at radius 2 is 2.36 bits per heavy atom. The van der Waals surface area contributed by atoms with E-state index in [9.17, 15) is 4.79 Å². The summed E-state index contributed by atoms with van der Waals surface area (Å²) in [7, 11) is 0. The van der Waals surface area contributed by atoms with E-state index in [1.807, 2.05) is 0 Å². The van der Waals surface area contributed by atoms with E-state index in [1.165, 1.54) is 12.2 Å². The van der Waals surface area contributed by atoms with Gasteiger partial charge in [-0.1, -0.05) is 12.0 Å². The van der Waals surface area contributed by atoms with Gasteiger partial charge in [-0.15, -0.1) is 6.42 Å². The number of allylic oxidation sites excluding steroid dienone is 4. The average molecular weight is 143 g/mol. The number of nitrogens with zero attached hydrogens (tertiary/aromatic N) is 1. The molecule has 0 bridgehead atoms. The van der Waals surface area contributed by atoms with Gasteiger partial charge in [0.2, 0.25) is 0 Å². The lowest BCUT2D eigenvalue weighted by Gasteiger charge is -2.03. The molecule has 0 aromatic heterocycles. The van der Waals surface area contributed by atoms with Crippen LogP contribution in [0.5, 0.6) is 0 Å². The van der Waals surface area contributed by atoms with Crippen molar-refractivity contribution in [2.45, 2.75) is 0 Å². The van der Waals surface area contributed by atoms with Crippen molar-refractivity contribution in [3.63, 3.8) is 0 Å². The number of carbonyl (C=O) groups excluding carboxylic acids is 1. The number of hydrogen-bond acceptors (Lipinski definition) is 2. The SMILES string of the molecule is C#CC1C=CC(=O)C(C#N)=C1. The predicted octanol–water partition coefficient (Wildman–Crippen LogP) is 0.825. The Kier molecular flexibility index (Phi) is 1.90. The third-order valence-corrected chi connectivity index (χ3v) is 1.38. The predicted molar refractivity (Wildman–Crippen MR) is 40.2 cm³/mol. The summed E-state index contributed by atoms with van der Waals surface area (Å²) in [5.74, 6) is 1.95. The number of hydrogen-bond donors (Lipinski definition) is 0. The molecular weight excluding hydrogens is 138 g/mol. The van der Waals surface area contributed by atoms with E-state index < -0.39 is 0 Å². The number of rotatable bonds is 0. The molecule has 52 valence electrons. The molecule has 1 unspecified atom stereocenters. The van der Waals surface area contributed by atoms with Crippen LogP contribution in [0.1, 0.15) is 0 Å². The molecule has 0 fully saturated rings. The first-order chi connectivity index (χ1) is 5.27. The maximum absolute atomic E-state index is 10.8. The van der Waals surface area contributed by atoms with E-state index in [4.69, 9.17) is 11.7 Å². The molecule has 0 aromatic rings. The van der Waals surface area contributed by atoms with Gasteiger partial charge in [-0.05, 0) is 12.2 Å². The van der Waals surface area contributed by atoms with Gasteiger partial charge >= 0.3 is 0 Å². The van der Waals surface area contributed by atoms with Crippen molar-refractivity contribution < 1.29 is 4.79 Å². The molecule has 1 rings (SSSR count). The third kappa shape index (κ3) is 1.36. The van der Waals surface area contributed by atoms with Gasteiger partial charge in [0, 0.05) is 0 Å². The molecule has 0 spiro atoms. The minimum atomic E-state index is -0.265. The highest BCUT2D eigenvalue weighted by Crippen LogP contribution is 2.11. The second kappa shape index (κ2) is 2.86. The highest BCUT2D eigenvalue weighted by atomic mass is 16.1. The van der Waals surface area contributed by atoms with Gasteiger partial charge in [0.05, 0.1) is 11.5 Å². The van der Waals surface area contributed by atoms with E-state index in [0.717, 1.165) is 0 Å². The zero-order valence-corrected chi connectivity index (χ0v) is 5.74. The molecule has 0 saturated heterocycles. The molecule has 2 nitrogen and oxygen atoms in total. The van der Waals surface area contributed by atoms with E-state index in [2.05, 4.69) is 5.92 Å². The Morgan fingerprint density at radius 3 is 2.91 bits per heavy atom. The van der Waals surface area contributed by atoms with Crippen molar-refractivity contribution in [1.82, 2.24) is 0 Å². The van der Waals surface area contributed by atoms with Crippen molar-refractivity contribution in [2.24, 2.45) is 5.92 Å². The molecule has 0 radical (unpaired) electrons. The molecule has 1 atom stereocenters. The topological polar surface area (TPSA) is 40.9 Å². The zero-order valence-electron chi connectivity index (χ0n) is 5.74.